The van der Waals surface area contributed by atoms with Crippen LogP contribution in [0.4, 0.5) is 0 Å². The first-order valence-corrected chi connectivity index (χ1v) is 10.9. The molecule has 5 nitrogen and oxygen atoms in total. The molecule has 0 aromatic heterocycles. The maximum atomic E-state index is 12.0. The lowest BCUT2D eigenvalue weighted by molar-refractivity contribution is -0.251. The minimum atomic E-state index is -0.481. The van der Waals surface area contributed by atoms with E-state index in [4.69, 9.17) is 18.9 Å². The van der Waals surface area contributed by atoms with Gasteiger partial charge in [-0.2, -0.15) is 0 Å². The zero-order valence-electron chi connectivity index (χ0n) is 17.3. The Balaban J connectivity index is 1.52. The topological polar surface area (TPSA) is 54.0 Å². The van der Waals surface area contributed by atoms with Crippen molar-refractivity contribution in [3.05, 3.63) is 23.0 Å². The van der Waals surface area contributed by atoms with Crippen molar-refractivity contribution in [3.8, 4) is 0 Å². The van der Waals surface area contributed by atoms with E-state index in [1.54, 1.807) is 14.0 Å². The van der Waals surface area contributed by atoms with Gasteiger partial charge in [-0.3, -0.25) is 4.79 Å². The molecular weight excluding hydrogens is 356 g/mol. The van der Waals surface area contributed by atoms with E-state index in [0.29, 0.717) is 31.0 Å². The van der Waals surface area contributed by atoms with Crippen molar-refractivity contribution in [2.75, 3.05) is 20.3 Å². The predicted molar refractivity (Wildman–Crippen MR) is 103 cm³/mol. The number of ether oxygens (including phenoxy) is 4. The summed E-state index contributed by atoms with van der Waals surface area (Å²) in [5.41, 5.74) is 2.94. The Kier molecular flexibility index (Phi) is 4.40. The quantitative estimate of drug-likeness (QED) is 0.526. The summed E-state index contributed by atoms with van der Waals surface area (Å²) < 4.78 is 24.0. The third-order valence-electron chi connectivity index (χ3n) is 8.38. The summed E-state index contributed by atoms with van der Waals surface area (Å²) in [4.78, 5) is 12.0. The molecule has 1 heterocycles. The number of allylic oxidation sites excluding steroid dienone is 2. The number of hydrogen-bond acceptors (Lipinski definition) is 5. The zero-order chi connectivity index (χ0) is 19.5. The van der Waals surface area contributed by atoms with E-state index in [9.17, 15) is 4.79 Å². The summed E-state index contributed by atoms with van der Waals surface area (Å²) in [6, 6.07) is 0. The Morgan fingerprint density at radius 1 is 1.25 bits per heavy atom. The van der Waals surface area contributed by atoms with Crippen molar-refractivity contribution in [1.29, 1.82) is 0 Å². The molecule has 5 rings (SSSR count). The van der Waals surface area contributed by atoms with Gasteiger partial charge in [-0.25, -0.2) is 0 Å². The second kappa shape index (κ2) is 6.60. The fraction of sp³-hybridized carbons (Fsp3) is 0.783. The number of fused-ring (bicyclic) bond motifs is 5. The largest absolute Gasteiger partial charge is 0.501 e. The number of rotatable bonds is 2. The highest BCUT2D eigenvalue weighted by molar-refractivity contribution is 5.66. The summed E-state index contributed by atoms with van der Waals surface area (Å²) in [6.45, 7) is 5.22. The van der Waals surface area contributed by atoms with Crippen molar-refractivity contribution in [3.63, 3.8) is 0 Å². The van der Waals surface area contributed by atoms with E-state index in [1.807, 2.05) is 0 Å². The van der Waals surface area contributed by atoms with Crippen LogP contribution in [0.5, 0.6) is 0 Å². The number of esters is 1. The van der Waals surface area contributed by atoms with Crippen LogP contribution < -0.4 is 0 Å². The van der Waals surface area contributed by atoms with Gasteiger partial charge >= 0.3 is 5.97 Å². The Morgan fingerprint density at radius 3 is 2.75 bits per heavy atom. The van der Waals surface area contributed by atoms with Crippen LogP contribution in [0.1, 0.15) is 58.8 Å². The number of carbonyl (C=O) groups is 1. The van der Waals surface area contributed by atoms with Gasteiger partial charge in [-0.05, 0) is 50.0 Å². The highest BCUT2D eigenvalue weighted by Crippen LogP contribution is 2.66. The third kappa shape index (κ3) is 2.55. The average Bonchev–Trinajstić information content (AvgIpc) is 3.27. The minimum absolute atomic E-state index is 0.0886. The monoisotopic (exact) mass is 388 g/mol. The first-order chi connectivity index (χ1) is 13.5. The molecule has 0 aromatic rings. The van der Waals surface area contributed by atoms with Gasteiger partial charge < -0.3 is 18.9 Å². The Morgan fingerprint density at radius 2 is 2.04 bits per heavy atom. The van der Waals surface area contributed by atoms with Gasteiger partial charge in [-0.1, -0.05) is 18.1 Å². The van der Waals surface area contributed by atoms with Crippen molar-refractivity contribution in [1.82, 2.24) is 0 Å². The summed E-state index contributed by atoms with van der Waals surface area (Å²) in [5.74, 6) is 1.84. The van der Waals surface area contributed by atoms with Crippen LogP contribution >= 0.6 is 0 Å². The van der Waals surface area contributed by atoms with Crippen LogP contribution in [0.3, 0.4) is 0 Å². The molecule has 0 bridgehead atoms. The summed E-state index contributed by atoms with van der Waals surface area (Å²) in [5, 5.41) is 0. The lowest BCUT2D eigenvalue weighted by atomic mass is 9.53. The van der Waals surface area contributed by atoms with Gasteiger partial charge in [0.1, 0.15) is 6.10 Å². The molecule has 5 atom stereocenters. The average molecular weight is 389 g/mol. The number of carbonyl (C=O) groups excluding carboxylic acids is 1. The molecule has 154 valence electrons. The van der Waals surface area contributed by atoms with Crippen LogP contribution in [0.2, 0.25) is 0 Å². The Labute approximate surface area is 167 Å². The Bertz CT molecular complexity index is 731. The standard InChI is InChI=1S/C23H32O5/c1-14(24)28-20-13-22(2)19(8-9-23(22)26-10-11-27-23)18-6-4-15-12-16(25-3)5-7-17(15)21(18)20/h5,18-21H,4,6-13H2,1-3H3/t18-,19-,20-,21+,22-/m0/s1. The van der Waals surface area contributed by atoms with Gasteiger partial charge in [0.25, 0.3) is 0 Å². The van der Waals surface area contributed by atoms with Gasteiger partial charge in [0, 0.05) is 31.1 Å². The number of methoxy groups -OCH3 is 1. The molecule has 1 spiro atoms. The van der Waals surface area contributed by atoms with E-state index in [2.05, 4.69) is 13.0 Å². The summed E-state index contributed by atoms with van der Waals surface area (Å²) >= 11 is 0. The third-order valence-corrected chi connectivity index (χ3v) is 8.38. The molecule has 2 saturated carbocycles. The molecule has 5 aliphatic rings. The van der Waals surface area contributed by atoms with Crippen LogP contribution in [-0.2, 0) is 23.7 Å². The second-order valence-electron chi connectivity index (χ2n) is 9.48. The second-order valence-corrected chi connectivity index (χ2v) is 9.48. The van der Waals surface area contributed by atoms with Crippen LogP contribution in [0.15, 0.2) is 23.0 Å². The van der Waals surface area contributed by atoms with E-state index in [0.717, 1.165) is 50.7 Å². The van der Waals surface area contributed by atoms with Gasteiger partial charge in [0.2, 0.25) is 0 Å². The summed E-state index contributed by atoms with van der Waals surface area (Å²) in [6.07, 6.45) is 9.21. The fourth-order valence-corrected chi connectivity index (χ4v) is 7.30. The van der Waals surface area contributed by atoms with Crippen LogP contribution in [0.25, 0.3) is 0 Å². The molecule has 1 saturated heterocycles. The maximum absolute atomic E-state index is 12.0. The molecule has 0 aromatic carbocycles. The molecule has 0 unspecified atom stereocenters. The van der Waals surface area contributed by atoms with Crippen molar-refractivity contribution in [2.45, 2.75) is 70.7 Å². The highest BCUT2D eigenvalue weighted by atomic mass is 16.7. The molecule has 0 amide bonds. The van der Waals surface area contributed by atoms with Gasteiger partial charge in [0.15, 0.2) is 5.79 Å². The molecule has 3 fully saturated rings. The molecule has 28 heavy (non-hydrogen) atoms. The van der Waals surface area contributed by atoms with E-state index in [1.165, 1.54) is 11.1 Å². The molecule has 4 aliphatic carbocycles. The van der Waals surface area contributed by atoms with E-state index < -0.39 is 5.79 Å². The van der Waals surface area contributed by atoms with Crippen LogP contribution in [-0.4, -0.2) is 38.2 Å². The van der Waals surface area contributed by atoms with E-state index in [-0.39, 0.29) is 17.5 Å². The lowest BCUT2D eigenvalue weighted by Gasteiger charge is -2.55. The number of hydrogen-bond donors (Lipinski definition) is 0. The van der Waals surface area contributed by atoms with Gasteiger partial charge in [-0.15, -0.1) is 0 Å². The zero-order valence-corrected chi connectivity index (χ0v) is 17.3. The predicted octanol–water partition coefficient (Wildman–Crippen LogP) is 4.13. The molecule has 0 N–H and O–H groups in total. The van der Waals surface area contributed by atoms with Crippen molar-refractivity contribution >= 4 is 5.97 Å². The van der Waals surface area contributed by atoms with E-state index >= 15 is 0 Å². The van der Waals surface area contributed by atoms with Crippen LogP contribution in [0, 0.1) is 23.2 Å². The molecule has 0 radical (unpaired) electrons. The fourth-order valence-electron chi connectivity index (χ4n) is 7.30. The Hall–Kier alpha value is -1.33. The SMILES string of the molecule is COC1=CCC2=C(CC[C@@H]3[C@@H]2[C@@H](OC(C)=O)C[C@@]2(C)[C@H]3CCC23OCCO3)C1. The maximum Gasteiger partial charge on any atom is 0.302 e. The molecule has 1 aliphatic heterocycles. The molecule has 5 heteroatoms. The van der Waals surface area contributed by atoms with Crippen molar-refractivity contribution in [2.24, 2.45) is 23.2 Å². The first kappa shape index (κ1) is 18.7. The minimum Gasteiger partial charge on any atom is -0.501 e. The lowest BCUT2D eigenvalue weighted by Crippen LogP contribution is -2.57. The normalized spacial score (nSPS) is 41.2. The van der Waals surface area contributed by atoms with Crippen molar-refractivity contribution < 1.29 is 23.7 Å². The highest BCUT2D eigenvalue weighted by Gasteiger charge is 2.67. The smallest absolute Gasteiger partial charge is 0.302 e. The van der Waals surface area contributed by atoms with Gasteiger partial charge in [0.05, 0.1) is 26.1 Å². The first-order valence-electron chi connectivity index (χ1n) is 10.9. The molecular formula is C23H32O5. The summed E-state index contributed by atoms with van der Waals surface area (Å²) in [7, 11) is 1.76.